The molecule has 1 fully saturated rings. The van der Waals surface area contributed by atoms with Gasteiger partial charge in [-0.05, 0) is 18.2 Å². The number of carbonyl (C=O) groups is 2. The highest BCUT2D eigenvalue weighted by molar-refractivity contribution is 6.09. The molecule has 2 rings (SSSR count). The van der Waals surface area contributed by atoms with E-state index in [0.717, 1.165) is 0 Å². The number of hydrogen-bond acceptors (Lipinski definition) is 5. The summed E-state index contributed by atoms with van der Waals surface area (Å²) in [7, 11) is 1.46. The number of amides is 3. The molecular formula is C12H12N2O5. The van der Waals surface area contributed by atoms with E-state index in [2.05, 4.69) is 5.32 Å². The lowest BCUT2D eigenvalue weighted by Crippen LogP contribution is -2.53. The Balaban J connectivity index is 2.35. The summed E-state index contributed by atoms with van der Waals surface area (Å²) in [4.78, 5) is 22.5. The molecule has 7 heteroatoms. The van der Waals surface area contributed by atoms with Crippen LogP contribution in [0.5, 0.6) is 11.5 Å². The van der Waals surface area contributed by atoms with Gasteiger partial charge in [0.25, 0.3) is 5.91 Å². The highest BCUT2D eigenvalue weighted by atomic mass is 16.5. The predicted octanol–water partition coefficient (Wildman–Crippen LogP) is -0.0580. The Morgan fingerprint density at radius 1 is 1.37 bits per heavy atom. The molecule has 4 N–H and O–H groups in total. The van der Waals surface area contributed by atoms with Crippen molar-refractivity contribution in [2.75, 3.05) is 7.11 Å². The molecule has 1 unspecified atom stereocenters. The molecule has 7 nitrogen and oxygen atoms in total. The number of phenolic OH excluding ortho intramolecular Hbond substituents is 1. The molecule has 1 aromatic carbocycles. The van der Waals surface area contributed by atoms with E-state index < -0.39 is 18.2 Å². The number of phenols is 1. The van der Waals surface area contributed by atoms with Crippen LogP contribution in [0.1, 0.15) is 5.56 Å². The van der Waals surface area contributed by atoms with E-state index in [4.69, 9.17) is 4.74 Å². The number of imide groups is 1. The molecule has 0 saturated carbocycles. The fourth-order valence-corrected chi connectivity index (χ4v) is 1.62. The summed E-state index contributed by atoms with van der Waals surface area (Å²) in [6.07, 6.45) is -0.128. The Bertz CT molecular complexity index is 567. The first-order valence-corrected chi connectivity index (χ1v) is 5.40. The van der Waals surface area contributed by atoms with Crippen LogP contribution in [0.3, 0.4) is 0 Å². The molecule has 0 radical (unpaired) electrons. The van der Waals surface area contributed by atoms with Crippen LogP contribution in [-0.4, -0.2) is 35.5 Å². The zero-order valence-corrected chi connectivity index (χ0v) is 10.0. The van der Waals surface area contributed by atoms with Crippen molar-refractivity contribution in [1.29, 1.82) is 0 Å². The van der Waals surface area contributed by atoms with E-state index in [1.54, 1.807) is 6.07 Å². The number of aliphatic hydroxyl groups is 1. The van der Waals surface area contributed by atoms with Gasteiger partial charge in [-0.1, -0.05) is 0 Å². The topological polar surface area (TPSA) is 108 Å². The molecule has 100 valence electrons. The van der Waals surface area contributed by atoms with Crippen molar-refractivity contribution in [2.45, 2.75) is 6.23 Å². The lowest BCUT2D eigenvalue weighted by molar-refractivity contribution is -0.118. The minimum absolute atomic E-state index is 0.0694. The van der Waals surface area contributed by atoms with Crippen molar-refractivity contribution in [2.24, 2.45) is 0 Å². The van der Waals surface area contributed by atoms with Gasteiger partial charge in [0.05, 0.1) is 12.7 Å². The van der Waals surface area contributed by atoms with E-state index >= 15 is 0 Å². The van der Waals surface area contributed by atoms with Crippen LogP contribution >= 0.6 is 0 Å². The highest BCUT2D eigenvalue weighted by Crippen LogP contribution is 2.26. The van der Waals surface area contributed by atoms with Crippen molar-refractivity contribution < 1.29 is 24.5 Å². The summed E-state index contributed by atoms with van der Waals surface area (Å²) in [6, 6.07) is 3.72. The number of hydrogen-bond donors (Lipinski definition) is 4. The normalized spacial score (nSPS) is 20.9. The van der Waals surface area contributed by atoms with Crippen molar-refractivity contribution in [3.63, 3.8) is 0 Å². The average Bonchev–Trinajstić information content (AvgIpc) is 2.35. The number of carbonyl (C=O) groups excluding carboxylic acids is 2. The second-order valence-electron chi connectivity index (χ2n) is 3.85. The van der Waals surface area contributed by atoms with Gasteiger partial charge >= 0.3 is 6.03 Å². The Hall–Kier alpha value is -2.54. The maximum Gasteiger partial charge on any atom is 0.323 e. The molecule has 1 aromatic rings. The summed E-state index contributed by atoms with van der Waals surface area (Å²) in [5.41, 5.74) is 0.251. The maximum atomic E-state index is 11.5. The first kappa shape index (κ1) is 12.9. The van der Waals surface area contributed by atoms with E-state index in [0.29, 0.717) is 11.3 Å². The molecule has 0 bridgehead atoms. The lowest BCUT2D eigenvalue weighted by Gasteiger charge is -2.21. The number of ether oxygens (including phenoxy) is 1. The van der Waals surface area contributed by atoms with Crippen LogP contribution < -0.4 is 15.4 Å². The Morgan fingerprint density at radius 2 is 2.11 bits per heavy atom. The van der Waals surface area contributed by atoms with Crippen LogP contribution in [-0.2, 0) is 4.79 Å². The van der Waals surface area contributed by atoms with Gasteiger partial charge in [0.1, 0.15) is 11.5 Å². The minimum atomic E-state index is -1.41. The number of methoxy groups -OCH3 is 1. The number of benzene rings is 1. The zero-order valence-electron chi connectivity index (χ0n) is 10.0. The first-order valence-electron chi connectivity index (χ1n) is 5.40. The fraction of sp³-hybridized carbons (Fsp3) is 0.167. The number of nitrogens with one attached hydrogen (secondary N) is 2. The van der Waals surface area contributed by atoms with Crippen LogP contribution in [0, 0.1) is 0 Å². The van der Waals surface area contributed by atoms with Gasteiger partial charge in [-0.25, -0.2) is 4.79 Å². The molecule has 1 heterocycles. The van der Waals surface area contributed by atoms with Crippen LogP contribution in [0.15, 0.2) is 23.8 Å². The second kappa shape index (κ2) is 4.99. The van der Waals surface area contributed by atoms with Crippen molar-refractivity contribution >= 4 is 18.0 Å². The Kier molecular flexibility index (Phi) is 3.39. The van der Waals surface area contributed by atoms with E-state index in [-0.39, 0.29) is 11.3 Å². The van der Waals surface area contributed by atoms with Gasteiger partial charge < -0.3 is 20.3 Å². The van der Waals surface area contributed by atoms with Gasteiger partial charge in [-0.2, -0.15) is 0 Å². The largest absolute Gasteiger partial charge is 0.507 e. The van der Waals surface area contributed by atoms with Gasteiger partial charge in [-0.3, -0.25) is 10.1 Å². The zero-order chi connectivity index (χ0) is 14.0. The van der Waals surface area contributed by atoms with E-state index in [1.807, 2.05) is 5.32 Å². The SMILES string of the molecule is COc1ccc(C=C2C(=O)NC(=O)NC2O)c(O)c1. The summed E-state index contributed by atoms with van der Waals surface area (Å²) < 4.78 is 4.93. The van der Waals surface area contributed by atoms with Gasteiger partial charge in [0, 0.05) is 11.6 Å². The summed E-state index contributed by atoms with van der Waals surface area (Å²) >= 11 is 0. The highest BCUT2D eigenvalue weighted by Gasteiger charge is 2.28. The molecule has 19 heavy (non-hydrogen) atoms. The average molecular weight is 264 g/mol. The summed E-state index contributed by atoms with van der Waals surface area (Å²) in [5.74, 6) is -0.364. The first-order chi connectivity index (χ1) is 9.01. The van der Waals surface area contributed by atoms with Crippen LogP contribution in [0.25, 0.3) is 6.08 Å². The molecule has 1 saturated heterocycles. The standard InChI is InChI=1S/C12H12N2O5/c1-19-7-3-2-6(9(15)5-7)4-8-10(16)13-12(18)14-11(8)17/h2-5,10,15-16H,1H3,(H2,13,14,17,18). The quantitative estimate of drug-likeness (QED) is 0.560. The molecule has 0 aromatic heterocycles. The Labute approximate surface area is 108 Å². The Morgan fingerprint density at radius 3 is 2.68 bits per heavy atom. The molecular weight excluding hydrogens is 252 g/mol. The number of urea groups is 1. The monoisotopic (exact) mass is 264 g/mol. The van der Waals surface area contributed by atoms with Crippen molar-refractivity contribution in [1.82, 2.24) is 10.6 Å². The minimum Gasteiger partial charge on any atom is -0.507 e. The molecule has 0 aliphatic carbocycles. The number of aliphatic hydroxyl groups excluding tert-OH is 1. The molecule has 0 spiro atoms. The van der Waals surface area contributed by atoms with Crippen molar-refractivity contribution in [3.05, 3.63) is 29.3 Å². The summed E-state index contributed by atoms with van der Waals surface area (Å²) in [5, 5.41) is 23.5. The third-order valence-corrected chi connectivity index (χ3v) is 2.60. The third kappa shape index (κ3) is 2.66. The maximum absolute atomic E-state index is 11.5. The van der Waals surface area contributed by atoms with E-state index in [1.165, 1.54) is 25.3 Å². The third-order valence-electron chi connectivity index (χ3n) is 2.60. The van der Waals surface area contributed by atoms with Gasteiger partial charge in [0.2, 0.25) is 0 Å². The summed E-state index contributed by atoms with van der Waals surface area (Å²) in [6.45, 7) is 0. The molecule has 1 aliphatic rings. The predicted molar refractivity (Wildman–Crippen MR) is 65.3 cm³/mol. The van der Waals surface area contributed by atoms with Crippen LogP contribution in [0.4, 0.5) is 4.79 Å². The number of rotatable bonds is 2. The second-order valence-corrected chi connectivity index (χ2v) is 3.85. The number of aromatic hydroxyl groups is 1. The smallest absolute Gasteiger partial charge is 0.323 e. The van der Waals surface area contributed by atoms with E-state index in [9.17, 15) is 19.8 Å². The lowest BCUT2D eigenvalue weighted by atomic mass is 10.1. The fourth-order valence-electron chi connectivity index (χ4n) is 1.62. The van der Waals surface area contributed by atoms with Crippen LogP contribution in [0.2, 0.25) is 0 Å². The van der Waals surface area contributed by atoms with Gasteiger partial charge in [-0.15, -0.1) is 0 Å². The van der Waals surface area contributed by atoms with Gasteiger partial charge in [0.15, 0.2) is 6.23 Å². The van der Waals surface area contributed by atoms with Crippen molar-refractivity contribution in [3.8, 4) is 11.5 Å². The molecule has 1 aliphatic heterocycles. The molecule has 3 amide bonds. The molecule has 1 atom stereocenters.